The lowest BCUT2D eigenvalue weighted by molar-refractivity contribution is -0.137. The van der Waals surface area contributed by atoms with Gasteiger partial charge in [0, 0.05) is 5.39 Å². The molecule has 132 valence electrons. The van der Waals surface area contributed by atoms with Crippen LogP contribution in [0.15, 0.2) is 65.8 Å². The summed E-state index contributed by atoms with van der Waals surface area (Å²) in [7, 11) is 0. The zero-order valence-corrected chi connectivity index (χ0v) is 13.3. The number of phenols is 1. The molecule has 3 aromatic carbocycles. The molecule has 0 radical (unpaired) electrons. The van der Waals surface area contributed by atoms with Crippen molar-refractivity contribution in [2.75, 3.05) is 0 Å². The topological polar surface area (TPSA) is 61.7 Å². The number of rotatable bonds is 3. The molecule has 0 aliphatic heterocycles. The molecule has 0 aliphatic carbocycles. The van der Waals surface area contributed by atoms with E-state index in [1.807, 2.05) is 6.07 Å². The molecular formula is C19H13F3N2O2. The molecule has 4 nitrogen and oxygen atoms in total. The third-order valence-electron chi connectivity index (χ3n) is 3.76. The highest BCUT2D eigenvalue weighted by molar-refractivity contribution is 6.03. The SMILES string of the molecule is O=C(N/N=C\c1ccc(C(F)(F)F)cc1)c1ccc2ccccc2c1O. The van der Waals surface area contributed by atoms with E-state index in [4.69, 9.17) is 0 Å². The molecule has 26 heavy (non-hydrogen) atoms. The molecule has 0 heterocycles. The molecule has 0 spiro atoms. The maximum absolute atomic E-state index is 12.5. The number of phenolic OH excluding ortho intramolecular Hbond substituents is 1. The van der Waals surface area contributed by atoms with Crippen LogP contribution in [0.2, 0.25) is 0 Å². The number of benzene rings is 3. The van der Waals surface area contributed by atoms with Gasteiger partial charge in [0.1, 0.15) is 5.75 Å². The van der Waals surface area contributed by atoms with E-state index in [0.717, 1.165) is 17.5 Å². The molecule has 0 unspecified atom stereocenters. The summed E-state index contributed by atoms with van der Waals surface area (Å²) < 4.78 is 37.5. The van der Waals surface area contributed by atoms with Crippen molar-refractivity contribution in [3.05, 3.63) is 77.4 Å². The highest BCUT2D eigenvalue weighted by Crippen LogP contribution is 2.29. The normalized spacial score (nSPS) is 11.8. The number of hydrogen-bond acceptors (Lipinski definition) is 3. The van der Waals surface area contributed by atoms with Crippen molar-refractivity contribution in [1.29, 1.82) is 0 Å². The van der Waals surface area contributed by atoms with Gasteiger partial charge in [-0.1, -0.05) is 42.5 Å². The second-order valence-corrected chi connectivity index (χ2v) is 5.50. The Labute approximate surface area is 146 Å². The van der Waals surface area contributed by atoms with E-state index in [9.17, 15) is 23.1 Å². The third kappa shape index (κ3) is 3.66. The number of halogens is 3. The summed E-state index contributed by atoms with van der Waals surface area (Å²) in [5.74, 6) is -0.790. The molecular weight excluding hydrogens is 345 g/mol. The Morgan fingerprint density at radius 1 is 1.00 bits per heavy atom. The number of aromatic hydroxyl groups is 1. The second kappa shape index (κ2) is 6.87. The van der Waals surface area contributed by atoms with E-state index in [-0.39, 0.29) is 11.3 Å². The Kier molecular flexibility index (Phi) is 4.62. The smallest absolute Gasteiger partial charge is 0.416 e. The summed E-state index contributed by atoms with van der Waals surface area (Å²) in [6.07, 6.45) is -3.19. The lowest BCUT2D eigenvalue weighted by Crippen LogP contribution is -2.17. The number of hydrogen-bond donors (Lipinski definition) is 2. The summed E-state index contributed by atoms with van der Waals surface area (Å²) in [6.45, 7) is 0. The molecule has 7 heteroatoms. The van der Waals surface area contributed by atoms with E-state index in [2.05, 4.69) is 10.5 Å². The van der Waals surface area contributed by atoms with Crippen LogP contribution < -0.4 is 5.43 Å². The van der Waals surface area contributed by atoms with Gasteiger partial charge in [-0.2, -0.15) is 18.3 Å². The first-order valence-corrected chi connectivity index (χ1v) is 7.57. The average Bonchev–Trinajstić information content (AvgIpc) is 2.62. The molecule has 0 saturated heterocycles. The van der Waals surface area contributed by atoms with Crippen molar-refractivity contribution in [3.63, 3.8) is 0 Å². The number of hydrazone groups is 1. The fraction of sp³-hybridized carbons (Fsp3) is 0.0526. The van der Waals surface area contributed by atoms with Crippen molar-refractivity contribution in [2.24, 2.45) is 5.10 Å². The minimum Gasteiger partial charge on any atom is -0.506 e. The van der Waals surface area contributed by atoms with Crippen LogP contribution in [0.4, 0.5) is 13.2 Å². The van der Waals surface area contributed by atoms with Gasteiger partial charge in [0.05, 0.1) is 17.3 Å². The van der Waals surface area contributed by atoms with Crippen LogP contribution in [-0.4, -0.2) is 17.2 Å². The van der Waals surface area contributed by atoms with Gasteiger partial charge in [0.2, 0.25) is 0 Å². The predicted octanol–water partition coefficient (Wildman–Crippen LogP) is 4.33. The number of nitrogens with zero attached hydrogens (tertiary/aromatic N) is 1. The monoisotopic (exact) mass is 358 g/mol. The maximum atomic E-state index is 12.5. The third-order valence-corrected chi connectivity index (χ3v) is 3.76. The minimum atomic E-state index is -4.41. The van der Waals surface area contributed by atoms with Gasteiger partial charge in [0.15, 0.2) is 0 Å². The van der Waals surface area contributed by atoms with Gasteiger partial charge < -0.3 is 5.11 Å². The van der Waals surface area contributed by atoms with E-state index in [0.29, 0.717) is 10.9 Å². The molecule has 3 rings (SSSR count). The highest BCUT2D eigenvalue weighted by Gasteiger charge is 2.29. The van der Waals surface area contributed by atoms with Crippen LogP contribution >= 0.6 is 0 Å². The van der Waals surface area contributed by atoms with Gasteiger partial charge in [-0.15, -0.1) is 0 Å². The molecule has 0 aromatic heterocycles. The van der Waals surface area contributed by atoms with E-state index in [1.165, 1.54) is 24.4 Å². The summed E-state index contributed by atoms with van der Waals surface area (Å²) >= 11 is 0. The summed E-state index contributed by atoms with van der Waals surface area (Å²) in [5, 5.41) is 15.3. The molecule has 0 fully saturated rings. The van der Waals surface area contributed by atoms with Crippen molar-refractivity contribution >= 4 is 22.9 Å². The zero-order chi connectivity index (χ0) is 18.7. The molecule has 1 amide bonds. The predicted molar refractivity (Wildman–Crippen MR) is 92.1 cm³/mol. The molecule has 0 saturated carbocycles. The maximum Gasteiger partial charge on any atom is 0.416 e. The van der Waals surface area contributed by atoms with Crippen molar-refractivity contribution in [1.82, 2.24) is 5.43 Å². The number of nitrogens with one attached hydrogen (secondary N) is 1. The Bertz CT molecular complexity index is 980. The van der Waals surface area contributed by atoms with Crippen LogP contribution in [0.5, 0.6) is 5.75 Å². The molecule has 0 atom stereocenters. The minimum absolute atomic E-state index is 0.0493. The number of alkyl halides is 3. The molecule has 0 bridgehead atoms. The van der Waals surface area contributed by atoms with E-state index < -0.39 is 17.6 Å². The summed E-state index contributed by atoms with van der Waals surface area (Å²) in [4.78, 5) is 12.2. The van der Waals surface area contributed by atoms with Crippen LogP contribution in [0.3, 0.4) is 0 Å². The first-order valence-electron chi connectivity index (χ1n) is 7.57. The fourth-order valence-electron chi connectivity index (χ4n) is 2.42. The number of fused-ring (bicyclic) bond motifs is 1. The first-order chi connectivity index (χ1) is 12.4. The fourth-order valence-corrected chi connectivity index (χ4v) is 2.42. The highest BCUT2D eigenvalue weighted by atomic mass is 19.4. The molecule has 2 N–H and O–H groups in total. The van der Waals surface area contributed by atoms with Gasteiger partial charge in [0.25, 0.3) is 5.91 Å². The molecule has 0 aliphatic rings. The van der Waals surface area contributed by atoms with Gasteiger partial charge in [-0.3, -0.25) is 4.79 Å². The first kappa shape index (κ1) is 17.5. The Balaban J connectivity index is 1.73. The van der Waals surface area contributed by atoms with Crippen LogP contribution in [0.1, 0.15) is 21.5 Å². The van der Waals surface area contributed by atoms with Gasteiger partial charge in [-0.25, -0.2) is 5.43 Å². The van der Waals surface area contributed by atoms with Crippen LogP contribution in [-0.2, 0) is 6.18 Å². The van der Waals surface area contributed by atoms with Gasteiger partial charge in [-0.05, 0) is 29.1 Å². The van der Waals surface area contributed by atoms with Crippen LogP contribution in [0, 0.1) is 0 Å². The largest absolute Gasteiger partial charge is 0.506 e. The summed E-state index contributed by atoms with van der Waals surface area (Å²) in [6, 6.07) is 14.6. The Morgan fingerprint density at radius 3 is 2.38 bits per heavy atom. The van der Waals surface area contributed by atoms with Crippen LogP contribution in [0.25, 0.3) is 10.8 Å². The quantitative estimate of drug-likeness (QED) is 0.541. The zero-order valence-electron chi connectivity index (χ0n) is 13.3. The Hall–Kier alpha value is -3.35. The summed E-state index contributed by atoms with van der Waals surface area (Å²) in [5.41, 5.74) is 1.92. The van der Waals surface area contributed by atoms with Gasteiger partial charge >= 0.3 is 6.18 Å². The van der Waals surface area contributed by atoms with Crippen molar-refractivity contribution < 1.29 is 23.1 Å². The standard InChI is InChI=1S/C19H13F3N2O2/c20-19(21,22)14-8-5-12(6-9-14)11-23-24-18(26)16-10-7-13-3-1-2-4-15(13)17(16)25/h1-11,25H,(H,24,26)/b23-11-. The number of amides is 1. The van der Waals surface area contributed by atoms with Crippen molar-refractivity contribution in [2.45, 2.75) is 6.18 Å². The number of carbonyl (C=O) groups is 1. The number of carbonyl (C=O) groups excluding carboxylic acids is 1. The second-order valence-electron chi connectivity index (χ2n) is 5.50. The van der Waals surface area contributed by atoms with Crippen molar-refractivity contribution in [3.8, 4) is 5.75 Å². The average molecular weight is 358 g/mol. The molecule has 3 aromatic rings. The van der Waals surface area contributed by atoms with E-state index >= 15 is 0 Å². The Morgan fingerprint density at radius 2 is 1.69 bits per heavy atom. The lowest BCUT2D eigenvalue weighted by atomic mass is 10.1. The lowest BCUT2D eigenvalue weighted by Gasteiger charge is -2.07. The van der Waals surface area contributed by atoms with E-state index in [1.54, 1.807) is 24.3 Å².